The molecular formula is C7H14F3NO3. The fraction of sp³-hybridized carbons (Fsp3) is 1.00. The summed E-state index contributed by atoms with van der Waals surface area (Å²) in [7, 11) is 1.37. The lowest BCUT2D eigenvalue weighted by Crippen LogP contribution is -2.45. The van der Waals surface area contributed by atoms with Crippen molar-refractivity contribution in [3.05, 3.63) is 0 Å². The molecular weight excluding hydrogens is 203 g/mol. The fourth-order valence-electron chi connectivity index (χ4n) is 0.771. The van der Waals surface area contributed by atoms with Gasteiger partial charge in [-0.15, -0.1) is 0 Å². The third-order valence-corrected chi connectivity index (χ3v) is 1.57. The Balaban J connectivity index is 3.79. The Kier molecular flexibility index (Phi) is 6.01. The first-order valence-corrected chi connectivity index (χ1v) is 3.99. The van der Waals surface area contributed by atoms with E-state index >= 15 is 0 Å². The maximum Gasteiger partial charge on any atom is 0.415 e. The molecule has 0 aromatic heterocycles. The van der Waals surface area contributed by atoms with Crippen LogP contribution in [0.3, 0.4) is 0 Å². The molecule has 0 saturated heterocycles. The van der Waals surface area contributed by atoms with Gasteiger partial charge in [-0.05, 0) is 0 Å². The van der Waals surface area contributed by atoms with Crippen LogP contribution in [0.1, 0.15) is 0 Å². The molecule has 0 bridgehead atoms. The summed E-state index contributed by atoms with van der Waals surface area (Å²) >= 11 is 0. The molecule has 0 aliphatic carbocycles. The maximum absolute atomic E-state index is 11.8. The number of methoxy groups -OCH3 is 1. The van der Waals surface area contributed by atoms with E-state index in [1.54, 1.807) is 0 Å². The van der Waals surface area contributed by atoms with Crippen LogP contribution in [0.2, 0.25) is 0 Å². The molecule has 0 spiro atoms. The molecule has 0 fully saturated rings. The van der Waals surface area contributed by atoms with Gasteiger partial charge >= 0.3 is 6.18 Å². The van der Waals surface area contributed by atoms with E-state index in [1.165, 1.54) is 7.11 Å². The lowest BCUT2D eigenvalue weighted by Gasteiger charge is -2.19. The molecule has 2 atom stereocenters. The van der Waals surface area contributed by atoms with Crippen LogP contribution in [0.5, 0.6) is 0 Å². The van der Waals surface area contributed by atoms with Crippen molar-refractivity contribution in [2.45, 2.75) is 18.3 Å². The normalized spacial score (nSPS) is 16.7. The molecule has 0 aliphatic rings. The first-order valence-electron chi connectivity index (χ1n) is 3.99. The van der Waals surface area contributed by atoms with E-state index < -0.39 is 24.9 Å². The second kappa shape index (κ2) is 6.18. The molecule has 0 rings (SSSR count). The molecule has 0 saturated carbocycles. The van der Waals surface area contributed by atoms with Crippen LogP contribution in [-0.2, 0) is 4.74 Å². The summed E-state index contributed by atoms with van der Waals surface area (Å²) < 4.78 is 40.0. The van der Waals surface area contributed by atoms with Crippen molar-refractivity contribution in [2.24, 2.45) is 0 Å². The summed E-state index contributed by atoms with van der Waals surface area (Å²) in [4.78, 5) is 0. The zero-order chi connectivity index (χ0) is 11.2. The van der Waals surface area contributed by atoms with Crippen LogP contribution >= 0.6 is 0 Å². The van der Waals surface area contributed by atoms with Gasteiger partial charge in [-0.3, -0.25) is 0 Å². The summed E-state index contributed by atoms with van der Waals surface area (Å²) in [5.41, 5.74) is 0. The van der Waals surface area contributed by atoms with Gasteiger partial charge in [0.05, 0.1) is 19.3 Å². The van der Waals surface area contributed by atoms with Crippen LogP contribution in [0.15, 0.2) is 0 Å². The Morgan fingerprint density at radius 1 is 1.43 bits per heavy atom. The Bertz CT molecular complexity index is 154. The smallest absolute Gasteiger partial charge is 0.395 e. The third kappa shape index (κ3) is 5.38. The van der Waals surface area contributed by atoms with E-state index in [0.717, 1.165) is 0 Å². The maximum atomic E-state index is 11.8. The van der Waals surface area contributed by atoms with Gasteiger partial charge in [0.1, 0.15) is 0 Å². The predicted molar refractivity (Wildman–Crippen MR) is 42.8 cm³/mol. The van der Waals surface area contributed by atoms with Crippen molar-refractivity contribution in [1.29, 1.82) is 0 Å². The molecule has 14 heavy (non-hydrogen) atoms. The molecule has 0 aliphatic heterocycles. The summed E-state index contributed by atoms with van der Waals surface area (Å²) in [6, 6.07) is -0.600. The zero-order valence-electron chi connectivity index (χ0n) is 7.71. The molecule has 7 heteroatoms. The molecule has 2 unspecified atom stereocenters. The van der Waals surface area contributed by atoms with Gasteiger partial charge < -0.3 is 20.3 Å². The number of alkyl halides is 3. The highest BCUT2D eigenvalue weighted by molar-refractivity contribution is 4.72. The highest BCUT2D eigenvalue weighted by Crippen LogP contribution is 2.19. The molecule has 0 amide bonds. The number of nitrogens with one attached hydrogen (secondary N) is 1. The Morgan fingerprint density at radius 3 is 2.36 bits per heavy atom. The fourth-order valence-corrected chi connectivity index (χ4v) is 0.771. The Morgan fingerprint density at radius 2 is 2.00 bits per heavy atom. The number of halogens is 3. The second-order valence-corrected chi connectivity index (χ2v) is 2.80. The van der Waals surface area contributed by atoms with Gasteiger partial charge in [0.2, 0.25) is 0 Å². The SMILES string of the molecule is COCC(CO)NCC(O)C(F)(F)F. The highest BCUT2D eigenvalue weighted by Gasteiger charge is 2.37. The van der Waals surface area contributed by atoms with Crippen LogP contribution in [0, 0.1) is 0 Å². The molecule has 3 N–H and O–H groups in total. The van der Waals surface area contributed by atoms with E-state index in [-0.39, 0.29) is 13.2 Å². The zero-order valence-corrected chi connectivity index (χ0v) is 7.71. The quantitative estimate of drug-likeness (QED) is 0.561. The van der Waals surface area contributed by atoms with Crippen LogP contribution in [0.4, 0.5) is 13.2 Å². The van der Waals surface area contributed by atoms with Crippen molar-refractivity contribution in [3.63, 3.8) is 0 Å². The van der Waals surface area contributed by atoms with Gasteiger partial charge in [-0.1, -0.05) is 0 Å². The van der Waals surface area contributed by atoms with E-state index in [2.05, 4.69) is 10.1 Å². The minimum atomic E-state index is -4.64. The van der Waals surface area contributed by atoms with Gasteiger partial charge in [-0.25, -0.2) is 0 Å². The van der Waals surface area contributed by atoms with Crippen molar-refractivity contribution >= 4 is 0 Å². The van der Waals surface area contributed by atoms with Crippen molar-refractivity contribution < 1.29 is 28.1 Å². The number of aliphatic hydroxyl groups is 2. The lowest BCUT2D eigenvalue weighted by atomic mass is 10.3. The first-order chi connectivity index (χ1) is 6.41. The lowest BCUT2D eigenvalue weighted by molar-refractivity contribution is -0.202. The number of ether oxygens (including phenoxy) is 1. The largest absolute Gasteiger partial charge is 0.415 e. The molecule has 0 heterocycles. The second-order valence-electron chi connectivity index (χ2n) is 2.80. The van der Waals surface area contributed by atoms with Crippen molar-refractivity contribution in [1.82, 2.24) is 5.32 Å². The van der Waals surface area contributed by atoms with E-state index in [1.807, 2.05) is 0 Å². The van der Waals surface area contributed by atoms with Gasteiger partial charge in [0, 0.05) is 13.7 Å². The first kappa shape index (κ1) is 13.6. The summed E-state index contributed by atoms with van der Waals surface area (Å²) in [5, 5.41) is 19.6. The Hall–Kier alpha value is -0.370. The van der Waals surface area contributed by atoms with Crippen LogP contribution in [0.25, 0.3) is 0 Å². The number of hydrogen-bond donors (Lipinski definition) is 3. The van der Waals surface area contributed by atoms with Gasteiger partial charge in [0.15, 0.2) is 6.10 Å². The van der Waals surface area contributed by atoms with Gasteiger partial charge in [0.25, 0.3) is 0 Å². The monoisotopic (exact) mass is 217 g/mol. The van der Waals surface area contributed by atoms with E-state index in [4.69, 9.17) is 10.2 Å². The Labute approximate surface area is 79.7 Å². The number of rotatable bonds is 6. The van der Waals surface area contributed by atoms with Crippen LogP contribution < -0.4 is 5.32 Å². The van der Waals surface area contributed by atoms with Crippen LogP contribution in [-0.4, -0.2) is 55.4 Å². The highest BCUT2D eigenvalue weighted by atomic mass is 19.4. The van der Waals surface area contributed by atoms with E-state index in [9.17, 15) is 13.2 Å². The standard InChI is InChI=1S/C7H14F3NO3/c1-14-4-5(3-12)11-2-6(13)7(8,9)10/h5-6,11-13H,2-4H2,1H3. The molecule has 4 nitrogen and oxygen atoms in total. The molecule has 0 aromatic carbocycles. The predicted octanol–water partition coefficient (Wildman–Crippen LogP) is -0.493. The average molecular weight is 217 g/mol. The topological polar surface area (TPSA) is 61.7 Å². The van der Waals surface area contributed by atoms with Crippen molar-refractivity contribution in [2.75, 3.05) is 26.9 Å². The number of hydrogen-bond acceptors (Lipinski definition) is 4. The van der Waals surface area contributed by atoms with Gasteiger partial charge in [-0.2, -0.15) is 13.2 Å². The molecule has 0 aromatic rings. The van der Waals surface area contributed by atoms with Crippen molar-refractivity contribution in [3.8, 4) is 0 Å². The minimum Gasteiger partial charge on any atom is -0.395 e. The molecule has 0 radical (unpaired) electrons. The third-order valence-electron chi connectivity index (χ3n) is 1.57. The minimum absolute atomic E-state index is 0.0844. The number of aliphatic hydroxyl groups excluding tert-OH is 2. The summed E-state index contributed by atoms with van der Waals surface area (Å²) in [6.07, 6.45) is -7.06. The molecule has 86 valence electrons. The average Bonchev–Trinajstić information content (AvgIpc) is 2.10. The van der Waals surface area contributed by atoms with E-state index in [0.29, 0.717) is 0 Å². The summed E-state index contributed by atoms with van der Waals surface area (Å²) in [6.45, 7) is -0.919. The summed E-state index contributed by atoms with van der Waals surface area (Å²) in [5.74, 6) is 0.